The number of halogens is 1. The first-order chi connectivity index (χ1) is 13.9. The minimum Gasteiger partial charge on any atom is -0.350 e. The van der Waals surface area contributed by atoms with Gasteiger partial charge in [-0.15, -0.1) is 0 Å². The van der Waals surface area contributed by atoms with Crippen LogP contribution in [-0.2, 0) is 23.2 Å². The zero-order valence-electron chi connectivity index (χ0n) is 16.8. The molecule has 1 aromatic heterocycles. The monoisotopic (exact) mass is 412 g/mol. The third-order valence-corrected chi connectivity index (χ3v) is 5.19. The molecule has 3 aromatic rings. The van der Waals surface area contributed by atoms with E-state index in [1.165, 1.54) is 0 Å². The van der Waals surface area contributed by atoms with Gasteiger partial charge < -0.3 is 20.1 Å². The Morgan fingerprint density at radius 2 is 1.69 bits per heavy atom. The van der Waals surface area contributed by atoms with Gasteiger partial charge in [-0.25, -0.2) is 0 Å². The Labute approximate surface area is 175 Å². The van der Waals surface area contributed by atoms with Crippen molar-refractivity contribution in [3.63, 3.8) is 0 Å². The molecule has 2 aromatic carbocycles. The quantitative estimate of drug-likeness (QED) is 0.612. The van der Waals surface area contributed by atoms with Crippen molar-refractivity contribution in [2.75, 3.05) is 20.6 Å². The van der Waals surface area contributed by atoms with E-state index in [9.17, 15) is 9.59 Å². The fourth-order valence-electron chi connectivity index (χ4n) is 3.34. The van der Waals surface area contributed by atoms with E-state index < -0.39 is 11.8 Å². The van der Waals surface area contributed by atoms with Crippen LogP contribution in [0.2, 0.25) is 5.02 Å². The van der Waals surface area contributed by atoms with Crippen molar-refractivity contribution >= 4 is 34.3 Å². The maximum absolute atomic E-state index is 12.3. The minimum absolute atomic E-state index is 0.0610. The molecule has 2 N–H and O–H groups in total. The molecule has 1 heterocycles. The van der Waals surface area contributed by atoms with Crippen molar-refractivity contribution < 1.29 is 9.59 Å². The van der Waals surface area contributed by atoms with Gasteiger partial charge in [-0.3, -0.25) is 9.59 Å². The number of aryl methyl sites for hydroxylation is 1. The molecule has 0 saturated carbocycles. The summed E-state index contributed by atoms with van der Waals surface area (Å²) in [4.78, 5) is 26.5. The van der Waals surface area contributed by atoms with Gasteiger partial charge in [-0.2, -0.15) is 0 Å². The second-order valence-electron chi connectivity index (χ2n) is 7.21. The van der Waals surface area contributed by atoms with Crippen molar-refractivity contribution in [2.45, 2.75) is 12.6 Å². The number of aromatic nitrogens is 1. The molecule has 0 fully saturated rings. The minimum atomic E-state index is -0.657. The largest absolute Gasteiger partial charge is 0.350 e. The fourth-order valence-corrected chi connectivity index (χ4v) is 3.47. The Kier molecular flexibility index (Phi) is 6.56. The van der Waals surface area contributed by atoms with Gasteiger partial charge in [0.1, 0.15) is 0 Å². The average Bonchev–Trinajstić information content (AvgIpc) is 3.04. The lowest BCUT2D eigenvalue weighted by molar-refractivity contribution is -0.139. The molecule has 7 heteroatoms. The van der Waals surface area contributed by atoms with Gasteiger partial charge >= 0.3 is 11.8 Å². The standard InChI is InChI=1S/C22H25ClN4O2/c1-26(2)20(18-14-27(3)19-7-5-4-6-17(18)19)13-25-22(29)21(28)24-12-15-8-10-16(23)11-9-15/h4-11,14,20H,12-13H2,1-3H3,(H,24,28)(H,25,29). The number of hydrogen-bond donors (Lipinski definition) is 2. The highest BCUT2D eigenvalue weighted by atomic mass is 35.5. The van der Waals surface area contributed by atoms with Crippen molar-refractivity contribution in [2.24, 2.45) is 7.05 Å². The van der Waals surface area contributed by atoms with Crippen LogP contribution in [0, 0.1) is 0 Å². The molecular weight excluding hydrogens is 388 g/mol. The third kappa shape index (κ3) is 4.96. The van der Waals surface area contributed by atoms with Crippen LogP contribution in [0.15, 0.2) is 54.7 Å². The second-order valence-corrected chi connectivity index (χ2v) is 7.65. The summed E-state index contributed by atoms with van der Waals surface area (Å²) in [5.41, 5.74) is 3.11. The van der Waals surface area contributed by atoms with Gasteiger partial charge in [-0.05, 0) is 43.4 Å². The molecule has 0 aliphatic heterocycles. The van der Waals surface area contributed by atoms with E-state index in [0.717, 1.165) is 22.0 Å². The van der Waals surface area contributed by atoms with Gasteiger partial charge in [0.15, 0.2) is 0 Å². The smallest absolute Gasteiger partial charge is 0.309 e. The first kappa shape index (κ1) is 20.9. The number of nitrogens with zero attached hydrogens (tertiary/aromatic N) is 2. The van der Waals surface area contributed by atoms with E-state index in [2.05, 4.69) is 33.5 Å². The van der Waals surface area contributed by atoms with Gasteiger partial charge in [0.2, 0.25) is 0 Å². The molecule has 0 bridgehead atoms. The number of fused-ring (bicyclic) bond motifs is 1. The topological polar surface area (TPSA) is 66.4 Å². The number of rotatable bonds is 6. The Morgan fingerprint density at radius 1 is 1.03 bits per heavy atom. The predicted octanol–water partition coefficient (Wildman–Crippen LogP) is 2.87. The molecular formula is C22H25ClN4O2. The van der Waals surface area contributed by atoms with Crippen LogP contribution in [0.4, 0.5) is 0 Å². The molecule has 2 amide bonds. The number of nitrogens with one attached hydrogen (secondary N) is 2. The van der Waals surface area contributed by atoms with Crippen LogP contribution in [-0.4, -0.2) is 41.9 Å². The highest BCUT2D eigenvalue weighted by Crippen LogP contribution is 2.28. The highest BCUT2D eigenvalue weighted by Gasteiger charge is 2.21. The fraction of sp³-hybridized carbons (Fsp3) is 0.273. The van der Waals surface area contributed by atoms with E-state index in [4.69, 9.17) is 11.6 Å². The summed E-state index contributed by atoms with van der Waals surface area (Å²) in [5, 5.41) is 7.15. The zero-order chi connectivity index (χ0) is 21.0. The number of carbonyl (C=O) groups excluding carboxylic acids is 2. The maximum Gasteiger partial charge on any atom is 0.309 e. The average molecular weight is 413 g/mol. The molecule has 0 radical (unpaired) electrons. The van der Waals surface area contributed by atoms with Gasteiger partial charge in [-0.1, -0.05) is 41.9 Å². The Morgan fingerprint density at radius 3 is 2.38 bits per heavy atom. The summed E-state index contributed by atoms with van der Waals surface area (Å²) >= 11 is 5.85. The number of carbonyl (C=O) groups is 2. The van der Waals surface area contributed by atoms with Crippen molar-refractivity contribution in [3.05, 3.63) is 70.9 Å². The summed E-state index contributed by atoms with van der Waals surface area (Å²) in [6.07, 6.45) is 2.07. The Bertz CT molecular complexity index is 1010. The molecule has 29 heavy (non-hydrogen) atoms. The lowest BCUT2D eigenvalue weighted by Gasteiger charge is -2.24. The summed E-state index contributed by atoms with van der Waals surface area (Å²) in [6.45, 7) is 0.595. The van der Waals surface area contributed by atoms with Crippen LogP contribution >= 0.6 is 11.6 Å². The molecule has 152 valence electrons. The summed E-state index contributed by atoms with van der Waals surface area (Å²) in [5.74, 6) is -1.30. The molecule has 0 spiro atoms. The molecule has 0 saturated heterocycles. The first-order valence-electron chi connectivity index (χ1n) is 9.37. The second kappa shape index (κ2) is 9.11. The van der Waals surface area contributed by atoms with E-state index >= 15 is 0 Å². The summed E-state index contributed by atoms with van der Waals surface area (Å²) in [7, 11) is 5.92. The van der Waals surface area contributed by atoms with Gasteiger partial charge in [0.05, 0.1) is 6.04 Å². The van der Waals surface area contributed by atoms with Crippen molar-refractivity contribution in [1.82, 2.24) is 20.1 Å². The van der Waals surface area contributed by atoms with E-state index in [-0.39, 0.29) is 12.6 Å². The Hall–Kier alpha value is -2.83. The molecule has 6 nitrogen and oxygen atoms in total. The van der Waals surface area contributed by atoms with Crippen LogP contribution in [0.5, 0.6) is 0 Å². The lowest BCUT2D eigenvalue weighted by Crippen LogP contribution is -2.42. The maximum atomic E-state index is 12.3. The summed E-state index contributed by atoms with van der Waals surface area (Å²) < 4.78 is 2.07. The Balaban J connectivity index is 1.63. The zero-order valence-corrected chi connectivity index (χ0v) is 17.5. The van der Waals surface area contributed by atoms with Crippen LogP contribution < -0.4 is 10.6 Å². The number of para-hydroxylation sites is 1. The number of hydrogen-bond acceptors (Lipinski definition) is 3. The van der Waals surface area contributed by atoms with Crippen LogP contribution in [0.3, 0.4) is 0 Å². The van der Waals surface area contributed by atoms with Crippen molar-refractivity contribution in [3.8, 4) is 0 Å². The van der Waals surface area contributed by atoms with E-state index in [0.29, 0.717) is 11.6 Å². The van der Waals surface area contributed by atoms with Crippen LogP contribution in [0.1, 0.15) is 17.2 Å². The molecule has 1 atom stereocenters. The lowest BCUT2D eigenvalue weighted by atomic mass is 10.0. The highest BCUT2D eigenvalue weighted by molar-refractivity contribution is 6.35. The van der Waals surface area contributed by atoms with E-state index in [1.807, 2.05) is 50.3 Å². The third-order valence-electron chi connectivity index (χ3n) is 4.94. The van der Waals surface area contributed by atoms with Gasteiger partial charge in [0, 0.05) is 42.3 Å². The normalized spacial score (nSPS) is 12.2. The molecule has 0 aliphatic carbocycles. The van der Waals surface area contributed by atoms with E-state index in [1.54, 1.807) is 12.1 Å². The first-order valence-corrected chi connectivity index (χ1v) is 9.75. The van der Waals surface area contributed by atoms with Crippen molar-refractivity contribution in [1.29, 1.82) is 0 Å². The number of likely N-dealkylation sites (N-methyl/N-ethyl adjacent to an activating group) is 1. The molecule has 1 unspecified atom stereocenters. The number of benzene rings is 2. The SMILES string of the molecule is CN(C)C(CNC(=O)C(=O)NCc1ccc(Cl)cc1)c1cn(C)c2ccccc12. The van der Waals surface area contributed by atoms with Gasteiger partial charge in [0.25, 0.3) is 0 Å². The van der Waals surface area contributed by atoms with Crippen LogP contribution in [0.25, 0.3) is 10.9 Å². The summed E-state index contributed by atoms with van der Waals surface area (Å²) in [6, 6.07) is 15.2. The predicted molar refractivity (Wildman–Crippen MR) is 116 cm³/mol. The molecule has 0 aliphatic rings. The molecule has 3 rings (SSSR count). The number of amides is 2.